The van der Waals surface area contributed by atoms with Crippen LogP contribution >= 0.6 is 23.8 Å². The van der Waals surface area contributed by atoms with E-state index in [1.807, 2.05) is 90.7 Å². The van der Waals surface area contributed by atoms with E-state index >= 15 is 0 Å². The second-order valence-electron chi connectivity index (χ2n) is 8.65. The smallest absolute Gasteiger partial charge is 0.226 e. The number of aryl methyl sites for hydroxylation is 1. The molecule has 0 saturated carbocycles. The van der Waals surface area contributed by atoms with E-state index in [1.54, 1.807) is 6.20 Å². The van der Waals surface area contributed by atoms with Crippen molar-refractivity contribution in [1.82, 2.24) is 15.2 Å². The number of carbonyl (C=O) groups is 1. The maximum atomic E-state index is 12.7. The van der Waals surface area contributed by atoms with Crippen LogP contribution in [-0.2, 0) is 4.79 Å². The number of halogens is 1. The summed E-state index contributed by atoms with van der Waals surface area (Å²) in [5, 5.41) is 7.57. The molecule has 2 aromatic heterocycles. The van der Waals surface area contributed by atoms with Crippen LogP contribution in [0.3, 0.4) is 0 Å². The highest BCUT2D eigenvalue weighted by molar-refractivity contribution is 7.80. The van der Waals surface area contributed by atoms with Gasteiger partial charge in [0.2, 0.25) is 5.91 Å². The van der Waals surface area contributed by atoms with Gasteiger partial charge in [0.1, 0.15) is 17.6 Å². The third-order valence-corrected chi connectivity index (χ3v) is 6.97. The van der Waals surface area contributed by atoms with Crippen molar-refractivity contribution in [3.05, 3.63) is 107 Å². The van der Waals surface area contributed by atoms with Crippen molar-refractivity contribution in [2.45, 2.75) is 25.4 Å². The summed E-state index contributed by atoms with van der Waals surface area (Å²) < 4.78 is 6.35. The molecule has 4 aromatic rings. The van der Waals surface area contributed by atoms with Crippen molar-refractivity contribution in [3.63, 3.8) is 0 Å². The molecule has 2 N–H and O–H groups in total. The summed E-state index contributed by atoms with van der Waals surface area (Å²) in [6.07, 6.45) is 2.03. The molecule has 0 aliphatic carbocycles. The average molecular weight is 517 g/mol. The van der Waals surface area contributed by atoms with Crippen LogP contribution < -0.4 is 10.6 Å². The Morgan fingerprint density at radius 2 is 1.92 bits per heavy atom. The predicted molar refractivity (Wildman–Crippen MR) is 146 cm³/mol. The summed E-state index contributed by atoms with van der Waals surface area (Å²) in [7, 11) is 0. The maximum absolute atomic E-state index is 12.7. The lowest BCUT2D eigenvalue weighted by atomic mass is 10.0. The second-order valence-corrected chi connectivity index (χ2v) is 9.44. The van der Waals surface area contributed by atoms with E-state index in [1.165, 1.54) is 0 Å². The summed E-state index contributed by atoms with van der Waals surface area (Å²) in [4.78, 5) is 19.2. The van der Waals surface area contributed by atoms with Crippen LogP contribution in [0.25, 0.3) is 11.3 Å². The SMILES string of the molecule is Cc1ccc(-c2ccc([C@@H]3[C@@H](c4ccccn4)NC(=S)N3CCC(=O)Nc3ccccc3)o2)cc1Cl. The number of para-hydroxylation sites is 1. The third-order valence-electron chi connectivity index (χ3n) is 6.21. The van der Waals surface area contributed by atoms with E-state index in [-0.39, 0.29) is 24.4 Å². The van der Waals surface area contributed by atoms with Crippen molar-refractivity contribution in [3.8, 4) is 11.3 Å². The number of anilines is 1. The van der Waals surface area contributed by atoms with Crippen molar-refractivity contribution in [1.29, 1.82) is 0 Å². The van der Waals surface area contributed by atoms with E-state index in [0.29, 0.717) is 22.4 Å². The van der Waals surface area contributed by atoms with Gasteiger partial charge in [-0.15, -0.1) is 0 Å². The molecule has 0 unspecified atom stereocenters. The van der Waals surface area contributed by atoms with Crippen LogP contribution in [0.4, 0.5) is 5.69 Å². The molecule has 36 heavy (non-hydrogen) atoms. The van der Waals surface area contributed by atoms with E-state index in [2.05, 4.69) is 15.6 Å². The molecule has 6 nitrogen and oxygen atoms in total. The zero-order valence-corrected chi connectivity index (χ0v) is 21.2. The van der Waals surface area contributed by atoms with Gasteiger partial charge in [-0.1, -0.05) is 48.0 Å². The Hall–Kier alpha value is -3.68. The Morgan fingerprint density at radius 1 is 1.11 bits per heavy atom. The molecule has 2 aromatic carbocycles. The number of pyridine rings is 1. The molecule has 1 amide bonds. The Morgan fingerprint density at radius 3 is 2.67 bits per heavy atom. The molecule has 0 spiro atoms. The number of aromatic nitrogens is 1. The summed E-state index contributed by atoms with van der Waals surface area (Å²) >= 11 is 12.1. The predicted octanol–water partition coefficient (Wildman–Crippen LogP) is 6.30. The van der Waals surface area contributed by atoms with Gasteiger partial charge in [0, 0.05) is 35.4 Å². The van der Waals surface area contributed by atoms with E-state index < -0.39 is 0 Å². The number of furan rings is 1. The normalized spacial score (nSPS) is 17.2. The first-order valence-electron chi connectivity index (χ1n) is 11.7. The number of hydrogen-bond donors (Lipinski definition) is 2. The summed E-state index contributed by atoms with van der Waals surface area (Å²) in [5.41, 5.74) is 3.51. The molecular formula is C28H25ClN4O2S. The largest absolute Gasteiger partial charge is 0.459 e. The fraction of sp³-hybridized carbons (Fsp3) is 0.179. The van der Waals surface area contributed by atoms with Crippen molar-refractivity contribution < 1.29 is 9.21 Å². The zero-order valence-electron chi connectivity index (χ0n) is 19.6. The lowest BCUT2D eigenvalue weighted by Crippen LogP contribution is -2.32. The average Bonchev–Trinajstić information content (AvgIpc) is 3.50. The molecule has 182 valence electrons. The first-order chi connectivity index (χ1) is 17.5. The molecule has 0 bridgehead atoms. The van der Waals surface area contributed by atoms with Crippen LogP contribution in [0.15, 0.2) is 89.5 Å². The van der Waals surface area contributed by atoms with Crippen LogP contribution in [0.2, 0.25) is 5.02 Å². The minimum Gasteiger partial charge on any atom is -0.459 e. The molecule has 1 aliphatic heterocycles. The fourth-order valence-electron chi connectivity index (χ4n) is 4.34. The number of benzene rings is 2. The van der Waals surface area contributed by atoms with Gasteiger partial charge in [0.25, 0.3) is 0 Å². The zero-order chi connectivity index (χ0) is 25.1. The molecule has 0 radical (unpaired) electrons. The summed E-state index contributed by atoms with van der Waals surface area (Å²) in [6.45, 7) is 2.39. The number of thiocarbonyl (C=S) groups is 1. The number of hydrogen-bond acceptors (Lipinski definition) is 4. The highest BCUT2D eigenvalue weighted by Crippen LogP contribution is 2.40. The number of carbonyl (C=O) groups excluding carboxylic acids is 1. The fourth-order valence-corrected chi connectivity index (χ4v) is 4.85. The van der Waals surface area contributed by atoms with Gasteiger partial charge in [-0.3, -0.25) is 9.78 Å². The number of nitrogens with one attached hydrogen (secondary N) is 2. The first-order valence-corrected chi connectivity index (χ1v) is 12.5. The highest BCUT2D eigenvalue weighted by atomic mass is 35.5. The van der Waals surface area contributed by atoms with Crippen LogP contribution in [-0.4, -0.2) is 27.4 Å². The molecule has 1 fully saturated rings. The van der Waals surface area contributed by atoms with Crippen LogP contribution in [0.1, 0.15) is 35.5 Å². The third kappa shape index (κ3) is 5.12. The van der Waals surface area contributed by atoms with Crippen molar-refractivity contribution >= 4 is 40.5 Å². The van der Waals surface area contributed by atoms with Gasteiger partial charge < -0.3 is 20.0 Å². The van der Waals surface area contributed by atoms with Gasteiger partial charge in [0.15, 0.2) is 5.11 Å². The first kappa shape index (κ1) is 24.0. The van der Waals surface area contributed by atoms with Gasteiger partial charge in [-0.2, -0.15) is 0 Å². The van der Waals surface area contributed by atoms with Gasteiger partial charge in [-0.05, 0) is 67.2 Å². The highest BCUT2D eigenvalue weighted by Gasteiger charge is 2.41. The molecule has 1 aliphatic rings. The number of amides is 1. The second kappa shape index (κ2) is 10.5. The lowest BCUT2D eigenvalue weighted by molar-refractivity contribution is -0.116. The minimum atomic E-state index is -0.272. The van der Waals surface area contributed by atoms with Gasteiger partial charge in [-0.25, -0.2) is 0 Å². The number of nitrogens with zero attached hydrogens (tertiary/aromatic N) is 2. The minimum absolute atomic E-state index is 0.0848. The van der Waals surface area contributed by atoms with E-state index in [9.17, 15) is 4.79 Å². The van der Waals surface area contributed by atoms with Crippen molar-refractivity contribution in [2.75, 3.05) is 11.9 Å². The lowest BCUT2D eigenvalue weighted by Gasteiger charge is -2.25. The molecular weight excluding hydrogens is 492 g/mol. The molecule has 2 atom stereocenters. The van der Waals surface area contributed by atoms with E-state index in [0.717, 1.165) is 28.3 Å². The van der Waals surface area contributed by atoms with Gasteiger partial charge in [0.05, 0.1) is 11.7 Å². The summed E-state index contributed by atoms with van der Waals surface area (Å²) in [6, 6.07) is 24.5. The quantitative estimate of drug-likeness (QED) is 0.281. The number of rotatable bonds is 7. The Labute approximate surface area is 220 Å². The van der Waals surface area contributed by atoms with E-state index in [4.69, 9.17) is 28.2 Å². The van der Waals surface area contributed by atoms with Gasteiger partial charge >= 0.3 is 0 Å². The molecule has 1 saturated heterocycles. The Balaban J connectivity index is 1.41. The Kier molecular flexibility index (Phi) is 7.02. The topological polar surface area (TPSA) is 70.4 Å². The molecule has 3 heterocycles. The standard InChI is InChI=1S/C28H25ClN4O2S/c1-18-10-11-19(17-21(18)29)23-12-13-24(35-23)27-26(22-9-5-6-15-30-22)32-28(36)33(27)16-14-25(34)31-20-7-3-2-4-8-20/h2-13,15,17,26-27H,14,16H2,1H3,(H,31,34)(H,32,36)/t26-,27-/m1/s1. The van der Waals surface area contributed by atoms with Crippen molar-refractivity contribution in [2.24, 2.45) is 0 Å². The monoisotopic (exact) mass is 516 g/mol. The van der Waals surface area contributed by atoms with Crippen LogP contribution in [0, 0.1) is 6.92 Å². The summed E-state index contributed by atoms with van der Waals surface area (Å²) in [5.74, 6) is 1.36. The molecule has 8 heteroatoms. The van der Waals surface area contributed by atoms with Crippen LogP contribution in [0.5, 0.6) is 0 Å². The molecule has 5 rings (SSSR count). The Bertz CT molecular complexity index is 1380. The maximum Gasteiger partial charge on any atom is 0.226 e.